The molecule has 1 aromatic rings. The largest absolute Gasteiger partial charge is 0.381 e. The first-order valence-corrected chi connectivity index (χ1v) is 5.64. The fourth-order valence-electron chi connectivity index (χ4n) is 1.93. The highest BCUT2D eigenvalue weighted by atomic mass is 16.5. The molecule has 4 heteroatoms. The molecule has 1 unspecified atom stereocenters. The van der Waals surface area contributed by atoms with Gasteiger partial charge in [0, 0.05) is 39.0 Å². The van der Waals surface area contributed by atoms with Crippen molar-refractivity contribution in [3.63, 3.8) is 0 Å². The third-order valence-corrected chi connectivity index (χ3v) is 2.95. The van der Waals surface area contributed by atoms with Crippen molar-refractivity contribution in [1.29, 1.82) is 0 Å². The van der Waals surface area contributed by atoms with E-state index >= 15 is 0 Å². The summed E-state index contributed by atoms with van der Waals surface area (Å²) < 4.78 is 7.34. The van der Waals surface area contributed by atoms with Crippen molar-refractivity contribution in [3.8, 4) is 0 Å². The van der Waals surface area contributed by atoms with Crippen molar-refractivity contribution in [1.82, 2.24) is 15.1 Å². The minimum Gasteiger partial charge on any atom is -0.381 e. The molecule has 0 aromatic carbocycles. The molecule has 1 atom stereocenters. The number of nitrogens with zero attached hydrogens (tertiary/aromatic N) is 2. The van der Waals surface area contributed by atoms with Gasteiger partial charge in [-0.25, -0.2) is 0 Å². The van der Waals surface area contributed by atoms with E-state index in [4.69, 9.17) is 4.74 Å². The third-order valence-electron chi connectivity index (χ3n) is 2.95. The molecule has 1 N–H and O–H groups in total. The number of nitrogens with one attached hydrogen (secondary N) is 1. The lowest BCUT2D eigenvalue weighted by Gasteiger charge is -2.15. The molecule has 0 aliphatic carbocycles. The molecule has 0 bridgehead atoms. The number of hydrogen-bond acceptors (Lipinski definition) is 3. The third kappa shape index (κ3) is 3.04. The fourth-order valence-corrected chi connectivity index (χ4v) is 1.93. The van der Waals surface area contributed by atoms with Crippen LogP contribution in [-0.4, -0.2) is 29.0 Å². The van der Waals surface area contributed by atoms with E-state index in [2.05, 4.69) is 16.5 Å². The van der Waals surface area contributed by atoms with Gasteiger partial charge in [-0.2, -0.15) is 5.10 Å². The van der Waals surface area contributed by atoms with Crippen molar-refractivity contribution in [2.75, 3.05) is 13.2 Å². The Hall–Kier alpha value is -0.870. The Labute approximate surface area is 90.6 Å². The van der Waals surface area contributed by atoms with Crippen molar-refractivity contribution in [2.45, 2.75) is 31.8 Å². The SMILES string of the molecule is Cn1nccc1CNC1CCCOCC1. The van der Waals surface area contributed by atoms with Crippen LogP contribution < -0.4 is 5.32 Å². The molecule has 1 aliphatic rings. The summed E-state index contributed by atoms with van der Waals surface area (Å²) in [7, 11) is 1.98. The van der Waals surface area contributed by atoms with E-state index in [1.54, 1.807) is 0 Å². The Bertz CT molecular complexity index is 290. The predicted molar refractivity (Wildman–Crippen MR) is 58.5 cm³/mol. The van der Waals surface area contributed by atoms with Gasteiger partial charge >= 0.3 is 0 Å². The van der Waals surface area contributed by atoms with E-state index in [-0.39, 0.29) is 0 Å². The molecular formula is C11H19N3O. The van der Waals surface area contributed by atoms with Gasteiger partial charge in [-0.3, -0.25) is 4.68 Å². The van der Waals surface area contributed by atoms with Crippen LogP contribution in [0.15, 0.2) is 12.3 Å². The van der Waals surface area contributed by atoms with Gasteiger partial charge in [0.15, 0.2) is 0 Å². The molecule has 1 fully saturated rings. The first-order valence-electron chi connectivity index (χ1n) is 5.64. The summed E-state index contributed by atoms with van der Waals surface area (Å²) in [6, 6.07) is 2.66. The number of rotatable bonds is 3. The summed E-state index contributed by atoms with van der Waals surface area (Å²) >= 11 is 0. The van der Waals surface area contributed by atoms with E-state index < -0.39 is 0 Å². The lowest BCUT2D eigenvalue weighted by atomic mass is 10.1. The molecule has 15 heavy (non-hydrogen) atoms. The topological polar surface area (TPSA) is 39.1 Å². The summed E-state index contributed by atoms with van der Waals surface area (Å²) in [6.45, 7) is 2.72. The first-order chi connectivity index (χ1) is 7.36. The summed E-state index contributed by atoms with van der Waals surface area (Å²) in [5.41, 5.74) is 1.24. The van der Waals surface area contributed by atoms with Crippen LogP contribution in [0.5, 0.6) is 0 Å². The quantitative estimate of drug-likeness (QED) is 0.809. The zero-order chi connectivity index (χ0) is 10.5. The number of aryl methyl sites for hydroxylation is 1. The van der Waals surface area contributed by atoms with Gasteiger partial charge in [0.2, 0.25) is 0 Å². The highest BCUT2D eigenvalue weighted by Crippen LogP contribution is 2.08. The Morgan fingerprint density at radius 3 is 3.27 bits per heavy atom. The fraction of sp³-hybridized carbons (Fsp3) is 0.727. The molecule has 0 saturated carbocycles. The van der Waals surface area contributed by atoms with Crippen molar-refractivity contribution >= 4 is 0 Å². The number of aromatic nitrogens is 2. The lowest BCUT2D eigenvalue weighted by molar-refractivity contribution is 0.142. The maximum absolute atomic E-state index is 5.43. The highest BCUT2D eigenvalue weighted by Gasteiger charge is 2.11. The minimum atomic E-state index is 0.599. The average Bonchev–Trinajstić information content (AvgIpc) is 2.53. The van der Waals surface area contributed by atoms with Crippen molar-refractivity contribution in [2.24, 2.45) is 7.05 Å². The van der Waals surface area contributed by atoms with E-state index in [0.717, 1.165) is 26.2 Å². The molecule has 0 radical (unpaired) electrons. The van der Waals surface area contributed by atoms with Crippen LogP contribution in [0.4, 0.5) is 0 Å². The zero-order valence-electron chi connectivity index (χ0n) is 9.28. The van der Waals surface area contributed by atoms with Gasteiger partial charge in [0.1, 0.15) is 0 Å². The standard InChI is InChI=1S/C11H19N3O/c1-14-11(4-6-13-14)9-12-10-3-2-7-15-8-5-10/h4,6,10,12H,2-3,5,7-9H2,1H3. The number of ether oxygens (including phenoxy) is 1. The smallest absolute Gasteiger partial charge is 0.0518 e. The molecule has 2 rings (SSSR count). The summed E-state index contributed by atoms with van der Waals surface area (Å²) in [5, 5.41) is 7.71. The molecular weight excluding hydrogens is 190 g/mol. The number of hydrogen-bond donors (Lipinski definition) is 1. The van der Waals surface area contributed by atoms with E-state index in [1.807, 2.05) is 17.9 Å². The molecule has 1 aliphatic heterocycles. The monoisotopic (exact) mass is 209 g/mol. The normalized spacial score (nSPS) is 22.6. The van der Waals surface area contributed by atoms with Crippen LogP contribution in [0, 0.1) is 0 Å². The van der Waals surface area contributed by atoms with E-state index in [1.165, 1.54) is 18.5 Å². The minimum absolute atomic E-state index is 0.599. The van der Waals surface area contributed by atoms with Gasteiger partial charge < -0.3 is 10.1 Å². The molecule has 0 spiro atoms. The molecule has 84 valence electrons. The molecule has 4 nitrogen and oxygen atoms in total. The van der Waals surface area contributed by atoms with Gasteiger partial charge in [0.05, 0.1) is 5.69 Å². The Kier molecular flexibility index (Phi) is 3.75. The second-order valence-corrected chi connectivity index (χ2v) is 4.07. The van der Waals surface area contributed by atoms with Crippen molar-refractivity contribution in [3.05, 3.63) is 18.0 Å². The highest BCUT2D eigenvalue weighted by molar-refractivity contribution is 4.99. The van der Waals surface area contributed by atoms with Crippen LogP contribution in [0.1, 0.15) is 25.0 Å². The summed E-state index contributed by atoms with van der Waals surface area (Å²) in [4.78, 5) is 0. The maximum Gasteiger partial charge on any atom is 0.0518 e. The zero-order valence-corrected chi connectivity index (χ0v) is 9.28. The van der Waals surface area contributed by atoms with E-state index in [9.17, 15) is 0 Å². The summed E-state index contributed by atoms with van der Waals surface area (Å²) in [5.74, 6) is 0. The maximum atomic E-state index is 5.43. The van der Waals surface area contributed by atoms with E-state index in [0.29, 0.717) is 6.04 Å². The van der Waals surface area contributed by atoms with Crippen LogP contribution >= 0.6 is 0 Å². The molecule has 2 heterocycles. The molecule has 1 aromatic heterocycles. The van der Waals surface area contributed by atoms with Crippen LogP contribution in [0.2, 0.25) is 0 Å². The van der Waals surface area contributed by atoms with Gasteiger partial charge in [-0.15, -0.1) is 0 Å². The second-order valence-electron chi connectivity index (χ2n) is 4.07. The first kappa shape index (κ1) is 10.6. The Morgan fingerprint density at radius 2 is 2.47 bits per heavy atom. The van der Waals surface area contributed by atoms with Gasteiger partial charge in [0.25, 0.3) is 0 Å². The Morgan fingerprint density at radius 1 is 1.53 bits per heavy atom. The van der Waals surface area contributed by atoms with Gasteiger partial charge in [-0.1, -0.05) is 0 Å². The predicted octanol–water partition coefficient (Wildman–Crippen LogP) is 1.08. The van der Waals surface area contributed by atoms with Gasteiger partial charge in [-0.05, 0) is 25.3 Å². The Balaban J connectivity index is 1.79. The molecule has 1 saturated heterocycles. The second kappa shape index (κ2) is 5.28. The van der Waals surface area contributed by atoms with Crippen molar-refractivity contribution < 1.29 is 4.74 Å². The molecule has 0 amide bonds. The average molecular weight is 209 g/mol. The van der Waals surface area contributed by atoms with Crippen LogP contribution in [0.3, 0.4) is 0 Å². The summed E-state index contributed by atoms with van der Waals surface area (Å²) in [6.07, 6.45) is 5.35. The van der Waals surface area contributed by atoms with Crippen LogP contribution in [-0.2, 0) is 18.3 Å². The lowest BCUT2D eigenvalue weighted by Crippen LogP contribution is -2.29. The van der Waals surface area contributed by atoms with Crippen LogP contribution in [0.25, 0.3) is 0 Å².